The van der Waals surface area contributed by atoms with Crippen molar-refractivity contribution in [3.63, 3.8) is 0 Å². The lowest BCUT2D eigenvalue weighted by atomic mass is 10.0. The Labute approximate surface area is 201 Å². The molecule has 7 nitrogen and oxygen atoms in total. The first kappa shape index (κ1) is 23.8. The minimum absolute atomic E-state index is 0.0122. The Morgan fingerprint density at radius 1 is 1.12 bits per heavy atom. The molecule has 2 amide bonds. The average Bonchev–Trinajstić information content (AvgIpc) is 3.29. The van der Waals surface area contributed by atoms with Crippen LogP contribution in [0.15, 0.2) is 48.7 Å². The zero-order valence-corrected chi connectivity index (χ0v) is 20.5. The number of aromatic nitrogens is 1. The third-order valence-electron chi connectivity index (χ3n) is 6.98. The molecule has 7 heteroatoms. The van der Waals surface area contributed by atoms with Crippen LogP contribution in [0.3, 0.4) is 0 Å². The molecule has 0 unspecified atom stereocenters. The molecule has 0 spiro atoms. The van der Waals surface area contributed by atoms with Gasteiger partial charge in [-0.25, -0.2) is 0 Å². The quantitative estimate of drug-likeness (QED) is 0.579. The largest absolute Gasteiger partial charge is 0.496 e. The van der Waals surface area contributed by atoms with E-state index in [9.17, 15) is 9.59 Å². The third-order valence-corrected chi connectivity index (χ3v) is 6.98. The van der Waals surface area contributed by atoms with Gasteiger partial charge in [0.1, 0.15) is 5.75 Å². The number of nitrogens with zero attached hydrogens (tertiary/aromatic N) is 3. The summed E-state index contributed by atoms with van der Waals surface area (Å²) in [5.74, 6) is 0.818. The molecular formula is C27H34N4O3. The molecule has 1 aliphatic rings. The number of fused-ring (bicyclic) bond motifs is 1. The van der Waals surface area contributed by atoms with Crippen molar-refractivity contribution in [2.75, 3.05) is 45.7 Å². The van der Waals surface area contributed by atoms with Crippen LogP contribution in [0.25, 0.3) is 10.9 Å². The Balaban J connectivity index is 1.40. The van der Waals surface area contributed by atoms with Crippen LogP contribution in [0.1, 0.15) is 41.7 Å². The molecule has 0 radical (unpaired) electrons. The Morgan fingerprint density at radius 2 is 1.88 bits per heavy atom. The van der Waals surface area contributed by atoms with E-state index in [1.807, 2.05) is 30.3 Å². The molecule has 1 N–H and O–H groups in total. The van der Waals surface area contributed by atoms with Gasteiger partial charge >= 0.3 is 0 Å². The molecule has 3 aromatic rings. The standard InChI is InChI=1S/C27H34N4O3/c1-19(32)29(3)24-7-8-26(34-4)21(17-24)9-13-30-14-11-23(12-15-30)31-16-10-20-5-6-22(18-25(20)31)27(33)28-2/h5-8,10,16-18,23H,9,11-15H2,1-4H3,(H,28,33). The smallest absolute Gasteiger partial charge is 0.251 e. The number of amides is 2. The molecule has 1 fully saturated rings. The summed E-state index contributed by atoms with van der Waals surface area (Å²) in [5, 5.41) is 3.87. The number of piperidine rings is 1. The molecule has 0 bridgehead atoms. The van der Waals surface area contributed by atoms with Crippen LogP contribution in [0.5, 0.6) is 5.75 Å². The molecular weight excluding hydrogens is 428 g/mol. The monoisotopic (exact) mass is 462 g/mol. The van der Waals surface area contributed by atoms with E-state index in [2.05, 4.69) is 33.1 Å². The third kappa shape index (κ3) is 4.94. The van der Waals surface area contributed by atoms with E-state index >= 15 is 0 Å². The predicted molar refractivity (Wildman–Crippen MR) is 136 cm³/mol. The number of benzene rings is 2. The Hall–Kier alpha value is -3.32. The van der Waals surface area contributed by atoms with Crippen LogP contribution in [-0.4, -0.2) is 62.1 Å². The molecule has 1 saturated heterocycles. The van der Waals surface area contributed by atoms with Crippen LogP contribution >= 0.6 is 0 Å². The number of likely N-dealkylation sites (tertiary alicyclic amines) is 1. The summed E-state index contributed by atoms with van der Waals surface area (Å²) in [5.41, 5.74) is 3.82. The summed E-state index contributed by atoms with van der Waals surface area (Å²) in [6, 6.07) is 14.4. The first-order chi connectivity index (χ1) is 16.4. The van der Waals surface area contributed by atoms with Gasteiger partial charge in [-0.15, -0.1) is 0 Å². The fraction of sp³-hybridized carbons (Fsp3) is 0.407. The van der Waals surface area contributed by atoms with Gasteiger partial charge in [0.25, 0.3) is 5.91 Å². The Bertz CT molecular complexity index is 1180. The van der Waals surface area contributed by atoms with Gasteiger partial charge in [0.2, 0.25) is 5.91 Å². The highest BCUT2D eigenvalue weighted by atomic mass is 16.5. The number of nitrogens with one attached hydrogen (secondary N) is 1. The topological polar surface area (TPSA) is 66.8 Å². The molecule has 0 aliphatic carbocycles. The van der Waals surface area contributed by atoms with Crippen LogP contribution in [0.4, 0.5) is 5.69 Å². The molecule has 2 aromatic carbocycles. The molecule has 0 saturated carbocycles. The molecule has 1 aliphatic heterocycles. The summed E-state index contributed by atoms with van der Waals surface area (Å²) in [6.07, 6.45) is 5.16. The SMILES string of the molecule is CNC(=O)c1ccc2ccn(C3CCN(CCc4cc(N(C)C(C)=O)ccc4OC)CC3)c2c1. The van der Waals surface area contributed by atoms with Crippen LogP contribution in [-0.2, 0) is 11.2 Å². The highest BCUT2D eigenvalue weighted by Crippen LogP contribution is 2.30. The van der Waals surface area contributed by atoms with Crippen LogP contribution in [0.2, 0.25) is 0 Å². The number of anilines is 1. The Kier molecular flexibility index (Phi) is 7.22. The van der Waals surface area contributed by atoms with Gasteiger partial charge in [-0.2, -0.15) is 0 Å². The number of carbonyl (C=O) groups excluding carboxylic acids is 2. The van der Waals surface area contributed by atoms with Gasteiger partial charge in [-0.3, -0.25) is 9.59 Å². The van der Waals surface area contributed by atoms with Crippen molar-refractivity contribution in [2.45, 2.75) is 32.2 Å². The summed E-state index contributed by atoms with van der Waals surface area (Å²) in [6.45, 7) is 4.56. The van der Waals surface area contributed by atoms with Gasteiger partial charge in [0.15, 0.2) is 0 Å². The first-order valence-electron chi connectivity index (χ1n) is 11.9. The molecule has 4 rings (SSSR count). The maximum absolute atomic E-state index is 12.1. The fourth-order valence-electron chi connectivity index (χ4n) is 4.80. The lowest BCUT2D eigenvalue weighted by Crippen LogP contribution is -2.36. The van der Waals surface area contributed by atoms with Crippen molar-refractivity contribution in [1.82, 2.24) is 14.8 Å². The molecule has 34 heavy (non-hydrogen) atoms. The van der Waals surface area contributed by atoms with E-state index in [0.29, 0.717) is 11.6 Å². The first-order valence-corrected chi connectivity index (χ1v) is 11.9. The second kappa shape index (κ2) is 10.3. The summed E-state index contributed by atoms with van der Waals surface area (Å²) in [7, 11) is 5.14. The highest BCUT2D eigenvalue weighted by Gasteiger charge is 2.22. The zero-order valence-electron chi connectivity index (χ0n) is 20.5. The summed E-state index contributed by atoms with van der Waals surface area (Å²) < 4.78 is 7.90. The fourth-order valence-corrected chi connectivity index (χ4v) is 4.80. The minimum atomic E-state index is -0.0570. The number of rotatable bonds is 7. The lowest BCUT2D eigenvalue weighted by Gasteiger charge is -2.33. The number of hydrogen-bond acceptors (Lipinski definition) is 4. The second-order valence-corrected chi connectivity index (χ2v) is 8.97. The van der Waals surface area contributed by atoms with Gasteiger partial charge in [-0.05, 0) is 66.6 Å². The number of ether oxygens (including phenoxy) is 1. The van der Waals surface area contributed by atoms with E-state index in [1.165, 1.54) is 0 Å². The van der Waals surface area contributed by atoms with Gasteiger partial charge < -0.3 is 24.4 Å². The van der Waals surface area contributed by atoms with Crippen molar-refractivity contribution in [2.24, 2.45) is 0 Å². The van der Waals surface area contributed by atoms with Crippen LogP contribution in [0, 0.1) is 0 Å². The van der Waals surface area contributed by atoms with Gasteiger partial charge in [-0.1, -0.05) is 6.07 Å². The maximum Gasteiger partial charge on any atom is 0.251 e. The Morgan fingerprint density at radius 3 is 2.56 bits per heavy atom. The van der Waals surface area contributed by atoms with E-state index in [1.54, 1.807) is 33.0 Å². The molecule has 1 aromatic heterocycles. The van der Waals surface area contributed by atoms with Crippen LogP contribution < -0.4 is 15.0 Å². The van der Waals surface area contributed by atoms with E-state index in [4.69, 9.17) is 4.74 Å². The maximum atomic E-state index is 12.1. The average molecular weight is 463 g/mol. The zero-order chi connectivity index (χ0) is 24.2. The molecule has 180 valence electrons. The molecule has 0 atom stereocenters. The van der Waals surface area contributed by atoms with Crippen molar-refractivity contribution < 1.29 is 14.3 Å². The van der Waals surface area contributed by atoms with Gasteiger partial charge in [0, 0.05) is 69.7 Å². The van der Waals surface area contributed by atoms with E-state index in [-0.39, 0.29) is 11.8 Å². The normalized spacial score (nSPS) is 14.8. The second-order valence-electron chi connectivity index (χ2n) is 8.97. The number of carbonyl (C=O) groups is 2. The van der Waals surface area contributed by atoms with Gasteiger partial charge in [0.05, 0.1) is 7.11 Å². The van der Waals surface area contributed by atoms with E-state index in [0.717, 1.165) is 66.8 Å². The van der Waals surface area contributed by atoms with Crippen molar-refractivity contribution in [1.29, 1.82) is 0 Å². The summed E-state index contributed by atoms with van der Waals surface area (Å²) in [4.78, 5) is 28.0. The predicted octanol–water partition coefficient (Wildman–Crippen LogP) is 3.87. The molecule has 2 heterocycles. The van der Waals surface area contributed by atoms with E-state index < -0.39 is 0 Å². The number of methoxy groups -OCH3 is 1. The highest BCUT2D eigenvalue weighted by molar-refractivity contribution is 5.98. The van der Waals surface area contributed by atoms with Crippen molar-refractivity contribution >= 4 is 28.4 Å². The lowest BCUT2D eigenvalue weighted by molar-refractivity contribution is -0.116. The summed E-state index contributed by atoms with van der Waals surface area (Å²) >= 11 is 0. The number of hydrogen-bond donors (Lipinski definition) is 1. The minimum Gasteiger partial charge on any atom is -0.496 e. The van der Waals surface area contributed by atoms with Crippen molar-refractivity contribution in [3.05, 3.63) is 59.8 Å². The van der Waals surface area contributed by atoms with Crippen molar-refractivity contribution in [3.8, 4) is 5.75 Å².